The van der Waals surface area contributed by atoms with E-state index in [9.17, 15) is 23.1 Å². The summed E-state index contributed by atoms with van der Waals surface area (Å²) in [6.07, 6.45) is 3.57. The van der Waals surface area contributed by atoms with Gasteiger partial charge in [-0.25, -0.2) is 9.78 Å². The standard InChI is InChI=1S/C21H22N6O6S/c1-26(2)34(31,32)25-14-5-3-12(4-6-14)16(18(22)28)27-17-15(21(29)30)7-9-23-19(17)24-20(27)13-8-10-33-11-13/h3-11,16,20,25H,1-2H3,(H2,22,28)(H,23,24)(H,29,30). The quantitative estimate of drug-likeness (QED) is 0.370. The van der Waals surface area contributed by atoms with E-state index in [1.165, 1.54) is 55.9 Å². The molecule has 178 valence electrons. The van der Waals surface area contributed by atoms with E-state index in [-0.39, 0.29) is 22.8 Å². The maximum atomic E-state index is 12.7. The number of hydrogen-bond acceptors (Lipinski definition) is 8. The molecule has 0 bridgehead atoms. The molecular weight excluding hydrogens is 464 g/mol. The van der Waals surface area contributed by atoms with Crippen molar-refractivity contribution < 1.29 is 27.5 Å². The Kier molecular flexibility index (Phi) is 5.89. The van der Waals surface area contributed by atoms with Gasteiger partial charge in [0.25, 0.3) is 0 Å². The highest BCUT2D eigenvalue weighted by molar-refractivity contribution is 7.90. The zero-order valence-electron chi connectivity index (χ0n) is 18.2. The second kappa shape index (κ2) is 8.68. The number of primary amides is 1. The molecule has 2 unspecified atom stereocenters. The first-order valence-corrected chi connectivity index (χ1v) is 11.4. The summed E-state index contributed by atoms with van der Waals surface area (Å²) in [4.78, 5) is 30.5. The molecule has 0 saturated carbocycles. The predicted molar refractivity (Wildman–Crippen MR) is 123 cm³/mol. The number of carbonyl (C=O) groups is 2. The molecule has 3 aromatic rings. The van der Waals surface area contributed by atoms with Crippen molar-refractivity contribution in [3.63, 3.8) is 0 Å². The molecule has 0 aliphatic carbocycles. The lowest BCUT2D eigenvalue weighted by molar-refractivity contribution is -0.119. The van der Waals surface area contributed by atoms with Crippen molar-refractivity contribution in [2.45, 2.75) is 12.2 Å². The molecular formula is C21H22N6O6S. The maximum Gasteiger partial charge on any atom is 0.338 e. The van der Waals surface area contributed by atoms with Crippen molar-refractivity contribution >= 4 is 39.3 Å². The number of rotatable bonds is 8. The van der Waals surface area contributed by atoms with Crippen molar-refractivity contribution in [2.24, 2.45) is 5.73 Å². The molecule has 5 N–H and O–H groups in total. The molecule has 0 spiro atoms. The van der Waals surface area contributed by atoms with Gasteiger partial charge in [0.15, 0.2) is 5.82 Å². The Morgan fingerprint density at radius 2 is 1.94 bits per heavy atom. The van der Waals surface area contributed by atoms with E-state index in [0.717, 1.165) is 4.31 Å². The van der Waals surface area contributed by atoms with E-state index in [1.807, 2.05) is 0 Å². The zero-order valence-corrected chi connectivity index (χ0v) is 19.0. The van der Waals surface area contributed by atoms with E-state index >= 15 is 0 Å². The number of nitrogens with zero attached hydrogens (tertiary/aromatic N) is 3. The Balaban J connectivity index is 1.80. The second-order valence-electron chi connectivity index (χ2n) is 7.69. The summed E-state index contributed by atoms with van der Waals surface area (Å²) in [7, 11) is -0.941. The Hall–Kier alpha value is -4.10. The molecule has 1 amide bonds. The summed E-state index contributed by atoms with van der Waals surface area (Å²) in [5.74, 6) is -1.67. The fraction of sp³-hybridized carbons (Fsp3) is 0.190. The molecule has 0 fully saturated rings. The van der Waals surface area contributed by atoms with Crippen LogP contribution >= 0.6 is 0 Å². The van der Waals surface area contributed by atoms with Crippen LogP contribution < -0.4 is 20.7 Å². The molecule has 1 aliphatic rings. The first-order valence-electron chi connectivity index (χ1n) is 9.99. The molecule has 1 aliphatic heterocycles. The lowest BCUT2D eigenvalue weighted by Crippen LogP contribution is -2.40. The van der Waals surface area contributed by atoms with E-state index in [0.29, 0.717) is 11.1 Å². The van der Waals surface area contributed by atoms with E-state index in [4.69, 9.17) is 10.2 Å². The predicted octanol–water partition coefficient (Wildman–Crippen LogP) is 1.75. The topological polar surface area (TPSA) is 171 Å². The molecule has 12 nitrogen and oxygen atoms in total. The summed E-state index contributed by atoms with van der Waals surface area (Å²) in [6, 6.07) is 7.97. The number of aromatic nitrogens is 1. The minimum atomic E-state index is -3.72. The number of anilines is 3. The molecule has 34 heavy (non-hydrogen) atoms. The largest absolute Gasteiger partial charge is 0.478 e. The van der Waals surface area contributed by atoms with Crippen LogP contribution in [0.3, 0.4) is 0 Å². The number of pyridine rings is 1. The van der Waals surface area contributed by atoms with Crippen molar-refractivity contribution in [1.29, 1.82) is 0 Å². The zero-order chi connectivity index (χ0) is 24.6. The monoisotopic (exact) mass is 486 g/mol. The highest BCUT2D eigenvalue weighted by atomic mass is 32.2. The number of nitrogens with two attached hydrogens (primary N) is 1. The van der Waals surface area contributed by atoms with Crippen molar-refractivity contribution in [3.8, 4) is 0 Å². The normalized spacial score (nSPS) is 16.1. The number of nitrogens with one attached hydrogen (secondary N) is 2. The van der Waals surface area contributed by atoms with Gasteiger partial charge in [-0.15, -0.1) is 0 Å². The minimum absolute atomic E-state index is 0.0647. The number of furan rings is 1. The molecule has 1 aromatic carbocycles. The van der Waals surface area contributed by atoms with Crippen LogP contribution in [0.15, 0.2) is 59.5 Å². The van der Waals surface area contributed by atoms with Gasteiger partial charge < -0.3 is 25.5 Å². The number of benzene rings is 1. The Morgan fingerprint density at radius 3 is 2.50 bits per heavy atom. The Labute approximate surface area is 195 Å². The van der Waals surface area contributed by atoms with Crippen molar-refractivity contribution in [2.75, 3.05) is 29.0 Å². The number of aromatic carboxylic acids is 1. The molecule has 0 radical (unpaired) electrons. The number of hydrogen-bond donors (Lipinski definition) is 4. The van der Waals surface area contributed by atoms with Crippen LogP contribution in [-0.2, 0) is 15.0 Å². The molecule has 0 saturated heterocycles. The summed E-state index contributed by atoms with van der Waals surface area (Å²) in [5, 5.41) is 12.9. The fourth-order valence-electron chi connectivity index (χ4n) is 3.71. The SMILES string of the molecule is CN(C)S(=O)(=O)Nc1ccc(C(C(N)=O)N2c3c(C(=O)O)ccnc3NC2c2ccoc2)cc1. The number of amides is 1. The van der Waals surface area contributed by atoms with E-state index < -0.39 is 34.3 Å². The Morgan fingerprint density at radius 1 is 1.24 bits per heavy atom. The maximum absolute atomic E-state index is 12.7. The van der Waals surface area contributed by atoms with Crippen LogP contribution in [0.1, 0.15) is 33.7 Å². The molecule has 2 atom stereocenters. The highest BCUT2D eigenvalue weighted by Gasteiger charge is 2.42. The minimum Gasteiger partial charge on any atom is -0.478 e. The summed E-state index contributed by atoms with van der Waals surface area (Å²) in [5.41, 5.74) is 7.26. The van der Waals surface area contributed by atoms with Gasteiger partial charge >= 0.3 is 16.2 Å². The highest BCUT2D eigenvalue weighted by Crippen LogP contribution is 2.47. The molecule has 2 aromatic heterocycles. The summed E-state index contributed by atoms with van der Waals surface area (Å²) >= 11 is 0. The van der Waals surface area contributed by atoms with Gasteiger partial charge in [-0.3, -0.25) is 9.52 Å². The molecule has 3 heterocycles. The van der Waals surface area contributed by atoms with E-state index in [1.54, 1.807) is 18.2 Å². The summed E-state index contributed by atoms with van der Waals surface area (Å²) < 4.78 is 32.8. The first kappa shape index (κ1) is 23.1. The number of carbonyl (C=O) groups excluding carboxylic acids is 1. The number of fused-ring (bicyclic) bond motifs is 1. The van der Waals surface area contributed by atoms with Gasteiger partial charge in [-0.05, 0) is 29.8 Å². The third kappa shape index (κ3) is 4.13. The fourth-order valence-corrected chi connectivity index (χ4v) is 4.33. The van der Waals surface area contributed by atoms with Gasteiger partial charge in [0.2, 0.25) is 5.91 Å². The smallest absolute Gasteiger partial charge is 0.338 e. The van der Waals surface area contributed by atoms with Crippen LogP contribution in [0.25, 0.3) is 0 Å². The lowest BCUT2D eigenvalue weighted by atomic mass is 10.0. The first-order chi connectivity index (χ1) is 16.1. The van der Waals surface area contributed by atoms with Gasteiger partial charge in [-0.1, -0.05) is 12.1 Å². The van der Waals surface area contributed by atoms with Crippen molar-refractivity contribution in [1.82, 2.24) is 9.29 Å². The van der Waals surface area contributed by atoms with Crippen LogP contribution in [-0.4, -0.2) is 48.8 Å². The Bertz CT molecular complexity index is 1320. The van der Waals surface area contributed by atoms with Gasteiger partial charge in [-0.2, -0.15) is 12.7 Å². The third-order valence-corrected chi connectivity index (χ3v) is 6.78. The summed E-state index contributed by atoms with van der Waals surface area (Å²) in [6.45, 7) is 0. The average molecular weight is 487 g/mol. The second-order valence-corrected chi connectivity index (χ2v) is 9.57. The number of carboxylic acids is 1. The van der Waals surface area contributed by atoms with E-state index in [2.05, 4.69) is 15.0 Å². The number of carboxylic acid groups (broad SMARTS) is 1. The van der Waals surface area contributed by atoms with Gasteiger partial charge in [0.05, 0.1) is 23.8 Å². The van der Waals surface area contributed by atoms with Crippen molar-refractivity contribution in [3.05, 3.63) is 71.8 Å². The third-order valence-electron chi connectivity index (χ3n) is 5.33. The van der Waals surface area contributed by atoms with Crippen LogP contribution in [0, 0.1) is 0 Å². The average Bonchev–Trinajstić information content (AvgIpc) is 3.42. The molecule has 13 heteroatoms. The van der Waals surface area contributed by atoms with Crippen LogP contribution in [0.5, 0.6) is 0 Å². The van der Waals surface area contributed by atoms with Crippen LogP contribution in [0.2, 0.25) is 0 Å². The van der Waals surface area contributed by atoms with Gasteiger partial charge in [0.1, 0.15) is 12.2 Å². The van der Waals surface area contributed by atoms with Gasteiger partial charge in [0, 0.05) is 31.5 Å². The molecule has 4 rings (SSSR count). The lowest BCUT2D eigenvalue weighted by Gasteiger charge is -2.33. The van der Waals surface area contributed by atoms with Crippen LogP contribution in [0.4, 0.5) is 17.2 Å².